The summed E-state index contributed by atoms with van der Waals surface area (Å²) < 4.78 is 14.9. The van der Waals surface area contributed by atoms with Crippen molar-refractivity contribution in [1.82, 2.24) is 9.55 Å². The quantitative estimate of drug-likeness (QED) is 0.801. The maximum atomic E-state index is 12.8. The number of aromatic nitrogens is 2. The first-order valence-electron chi connectivity index (χ1n) is 5.29. The average molecular weight is 219 g/mol. The molecule has 3 nitrogen and oxygen atoms in total. The van der Waals surface area contributed by atoms with Gasteiger partial charge >= 0.3 is 0 Å². The zero-order chi connectivity index (χ0) is 11.4. The first kappa shape index (κ1) is 10.7. The molecule has 2 aromatic heterocycles. The highest BCUT2D eigenvalue weighted by molar-refractivity contribution is 5.34. The molecular formula is C12H14FN3. The van der Waals surface area contributed by atoms with E-state index in [2.05, 4.69) is 28.0 Å². The van der Waals surface area contributed by atoms with E-state index in [9.17, 15) is 4.39 Å². The molecule has 0 aliphatic rings. The number of aryl methyl sites for hydroxylation is 1. The molecule has 0 atom stereocenters. The van der Waals surface area contributed by atoms with E-state index in [0.29, 0.717) is 12.4 Å². The van der Waals surface area contributed by atoms with E-state index in [1.54, 1.807) is 12.1 Å². The van der Waals surface area contributed by atoms with Gasteiger partial charge in [-0.15, -0.1) is 0 Å². The van der Waals surface area contributed by atoms with Crippen molar-refractivity contribution in [2.24, 2.45) is 0 Å². The fourth-order valence-electron chi connectivity index (χ4n) is 1.49. The summed E-state index contributed by atoms with van der Waals surface area (Å²) >= 11 is 0. The Morgan fingerprint density at radius 3 is 2.94 bits per heavy atom. The molecule has 2 aromatic rings. The van der Waals surface area contributed by atoms with Gasteiger partial charge in [-0.25, -0.2) is 4.98 Å². The highest BCUT2D eigenvalue weighted by atomic mass is 19.1. The predicted molar refractivity (Wildman–Crippen MR) is 61.6 cm³/mol. The van der Waals surface area contributed by atoms with Gasteiger partial charge in [-0.05, 0) is 30.7 Å². The zero-order valence-corrected chi connectivity index (χ0v) is 9.15. The number of hydrogen-bond acceptors (Lipinski definition) is 2. The van der Waals surface area contributed by atoms with Gasteiger partial charge in [-0.3, -0.25) is 0 Å². The lowest BCUT2D eigenvalue weighted by molar-refractivity contribution is 0.585. The van der Waals surface area contributed by atoms with Crippen molar-refractivity contribution in [2.75, 3.05) is 5.32 Å². The molecule has 2 heterocycles. The normalized spacial score (nSPS) is 10.4. The minimum Gasteiger partial charge on any atom is -0.366 e. The molecule has 0 spiro atoms. The maximum absolute atomic E-state index is 12.8. The van der Waals surface area contributed by atoms with Gasteiger partial charge in [0.15, 0.2) is 0 Å². The van der Waals surface area contributed by atoms with Crippen LogP contribution in [0.15, 0.2) is 36.7 Å². The largest absolute Gasteiger partial charge is 0.366 e. The Labute approximate surface area is 93.9 Å². The van der Waals surface area contributed by atoms with Crippen LogP contribution in [0.25, 0.3) is 0 Å². The summed E-state index contributed by atoms with van der Waals surface area (Å²) in [7, 11) is 0. The molecule has 0 aromatic carbocycles. The molecule has 0 aliphatic carbocycles. The molecule has 0 saturated heterocycles. The zero-order valence-electron chi connectivity index (χ0n) is 9.15. The van der Waals surface area contributed by atoms with E-state index in [1.165, 1.54) is 6.07 Å². The van der Waals surface area contributed by atoms with Gasteiger partial charge in [0, 0.05) is 25.5 Å². The lowest BCUT2D eigenvalue weighted by Crippen LogP contribution is -2.01. The number of nitrogens with zero attached hydrogens (tertiary/aromatic N) is 2. The topological polar surface area (TPSA) is 29.9 Å². The van der Waals surface area contributed by atoms with Crippen LogP contribution in [0.1, 0.15) is 12.5 Å². The lowest BCUT2D eigenvalue weighted by Gasteiger charge is -2.03. The molecule has 2 rings (SSSR count). The van der Waals surface area contributed by atoms with Crippen molar-refractivity contribution in [3.8, 4) is 0 Å². The predicted octanol–water partition coefficient (Wildman–Crippen LogP) is 2.65. The molecule has 0 amide bonds. The minimum atomic E-state index is -0.462. The number of halogens is 1. The molecule has 84 valence electrons. The molecule has 16 heavy (non-hydrogen) atoms. The number of pyridine rings is 1. The summed E-state index contributed by atoms with van der Waals surface area (Å²) in [6.07, 6.45) is 4.09. The SMILES string of the molecule is CCn1ccc(CNc2cccc(F)n2)c1. The molecule has 0 aliphatic heterocycles. The lowest BCUT2D eigenvalue weighted by atomic mass is 10.3. The third-order valence-corrected chi connectivity index (χ3v) is 2.37. The van der Waals surface area contributed by atoms with Crippen molar-refractivity contribution in [3.05, 3.63) is 48.2 Å². The van der Waals surface area contributed by atoms with E-state index in [0.717, 1.165) is 12.1 Å². The Hall–Kier alpha value is -1.84. The van der Waals surface area contributed by atoms with Gasteiger partial charge in [-0.2, -0.15) is 4.39 Å². The van der Waals surface area contributed by atoms with Crippen LogP contribution in [0.3, 0.4) is 0 Å². The van der Waals surface area contributed by atoms with Gasteiger partial charge in [0.05, 0.1) is 0 Å². The average Bonchev–Trinajstić information content (AvgIpc) is 2.74. The smallest absolute Gasteiger partial charge is 0.214 e. The molecule has 1 N–H and O–H groups in total. The Kier molecular flexibility index (Phi) is 3.19. The minimum absolute atomic E-state index is 0.462. The first-order valence-corrected chi connectivity index (χ1v) is 5.29. The third kappa shape index (κ3) is 2.59. The highest BCUT2D eigenvalue weighted by Gasteiger charge is 1.98. The molecular weight excluding hydrogens is 205 g/mol. The van der Waals surface area contributed by atoms with Crippen molar-refractivity contribution >= 4 is 5.82 Å². The second-order valence-corrected chi connectivity index (χ2v) is 3.55. The van der Waals surface area contributed by atoms with Crippen LogP contribution in [0.5, 0.6) is 0 Å². The van der Waals surface area contributed by atoms with Crippen LogP contribution < -0.4 is 5.32 Å². The monoisotopic (exact) mass is 219 g/mol. The van der Waals surface area contributed by atoms with Crippen LogP contribution in [-0.4, -0.2) is 9.55 Å². The summed E-state index contributed by atoms with van der Waals surface area (Å²) in [4.78, 5) is 3.73. The summed E-state index contributed by atoms with van der Waals surface area (Å²) in [5.41, 5.74) is 1.16. The second-order valence-electron chi connectivity index (χ2n) is 3.55. The van der Waals surface area contributed by atoms with E-state index in [1.807, 2.05) is 12.3 Å². The fraction of sp³-hybridized carbons (Fsp3) is 0.250. The van der Waals surface area contributed by atoms with Crippen LogP contribution in [0, 0.1) is 5.95 Å². The van der Waals surface area contributed by atoms with Gasteiger partial charge in [0.25, 0.3) is 0 Å². The van der Waals surface area contributed by atoms with Crippen molar-refractivity contribution in [2.45, 2.75) is 20.0 Å². The standard InChI is InChI=1S/C12H14FN3/c1-2-16-7-6-10(9-16)8-14-12-5-3-4-11(13)15-12/h3-7,9H,2,8H2,1H3,(H,14,15). The Morgan fingerprint density at radius 2 is 2.25 bits per heavy atom. The summed E-state index contributed by atoms with van der Waals surface area (Å²) in [5.74, 6) is 0.0976. The maximum Gasteiger partial charge on any atom is 0.214 e. The summed E-state index contributed by atoms with van der Waals surface area (Å²) in [6, 6.07) is 6.76. The first-order chi connectivity index (χ1) is 7.78. The Bertz CT molecular complexity index is 465. The number of rotatable bonds is 4. The molecule has 0 radical (unpaired) electrons. The Morgan fingerprint density at radius 1 is 1.38 bits per heavy atom. The van der Waals surface area contributed by atoms with Crippen LogP contribution in [-0.2, 0) is 13.1 Å². The fourth-order valence-corrected chi connectivity index (χ4v) is 1.49. The van der Waals surface area contributed by atoms with E-state index in [4.69, 9.17) is 0 Å². The van der Waals surface area contributed by atoms with Gasteiger partial charge < -0.3 is 9.88 Å². The van der Waals surface area contributed by atoms with E-state index in [-0.39, 0.29) is 0 Å². The third-order valence-electron chi connectivity index (χ3n) is 2.37. The van der Waals surface area contributed by atoms with Crippen LogP contribution in [0.2, 0.25) is 0 Å². The number of nitrogens with one attached hydrogen (secondary N) is 1. The second kappa shape index (κ2) is 4.79. The van der Waals surface area contributed by atoms with Gasteiger partial charge in [0.1, 0.15) is 5.82 Å². The molecule has 0 saturated carbocycles. The van der Waals surface area contributed by atoms with Crippen molar-refractivity contribution in [3.63, 3.8) is 0 Å². The molecule has 0 unspecified atom stereocenters. The van der Waals surface area contributed by atoms with E-state index >= 15 is 0 Å². The van der Waals surface area contributed by atoms with E-state index < -0.39 is 5.95 Å². The molecule has 0 fully saturated rings. The van der Waals surface area contributed by atoms with Crippen LogP contribution >= 0.6 is 0 Å². The number of hydrogen-bond donors (Lipinski definition) is 1. The van der Waals surface area contributed by atoms with Gasteiger partial charge in [-0.1, -0.05) is 6.07 Å². The summed E-state index contributed by atoms with van der Waals surface area (Å²) in [5, 5.41) is 3.07. The molecule has 4 heteroatoms. The van der Waals surface area contributed by atoms with Crippen molar-refractivity contribution < 1.29 is 4.39 Å². The number of anilines is 1. The van der Waals surface area contributed by atoms with Gasteiger partial charge in [0.2, 0.25) is 5.95 Å². The van der Waals surface area contributed by atoms with Crippen LogP contribution in [0.4, 0.5) is 10.2 Å². The molecule has 0 bridgehead atoms. The highest BCUT2D eigenvalue weighted by Crippen LogP contribution is 2.07. The van der Waals surface area contributed by atoms with Crippen molar-refractivity contribution in [1.29, 1.82) is 0 Å². The summed E-state index contributed by atoms with van der Waals surface area (Å²) in [6.45, 7) is 3.70. The Balaban J connectivity index is 1.96.